The monoisotopic (exact) mass is 208 g/mol. The van der Waals surface area contributed by atoms with Crippen LogP contribution >= 0.6 is 11.6 Å². The summed E-state index contributed by atoms with van der Waals surface area (Å²) in [6.45, 7) is 0. The lowest BCUT2D eigenvalue weighted by atomic mass is 9.93. The third kappa shape index (κ3) is 1.10. The number of aromatic nitrogens is 4. The predicted molar refractivity (Wildman–Crippen MR) is 53.2 cm³/mol. The normalized spacial score (nSPS) is 17.2. The molecule has 1 aliphatic rings. The Morgan fingerprint density at radius 2 is 2.21 bits per heavy atom. The number of hydrogen-bond donors (Lipinski definition) is 0. The van der Waals surface area contributed by atoms with Gasteiger partial charge in [0.25, 0.3) is 0 Å². The van der Waals surface area contributed by atoms with E-state index in [1.165, 1.54) is 19.3 Å². The van der Waals surface area contributed by atoms with Crippen LogP contribution in [-0.4, -0.2) is 19.7 Å². The van der Waals surface area contributed by atoms with Gasteiger partial charge in [0.15, 0.2) is 5.65 Å². The van der Waals surface area contributed by atoms with Crippen molar-refractivity contribution in [1.82, 2.24) is 19.7 Å². The Hall–Kier alpha value is -1.16. The lowest BCUT2D eigenvalue weighted by molar-refractivity contribution is 0.296. The molecule has 2 aromatic heterocycles. The van der Waals surface area contributed by atoms with Gasteiger partial charge in [0.05, 0.1) is 18.4 Å². The zero-order chi connectivity index (χ0) is 9.54. The summed E-state index contributed by atoms with van der Waals surface area (Å²) in [7, 11) is 0. The van der Waals surface area contributed by atoms with Crippen LogP contribution in [0.2, 0.25) is 5.15 Å². The Morgan fingerprint density at radius 1 is 1.36 bits per heavy atom. The number of nitrogens with zero attached hydrogens (tertiary/aromatic N) is 4. The molecule has 0 radical (unpaired) electrons. The average Bonchev–Trinajstić information content (AvgIpc) is 2.46. The third-order valence-electron chi connectivity index (χ3n) is 2.69. The molecule has 2 heterocycles. The molecular weight excluding hydrogens is 200 g/mol. The molecular formula is C9H9ClN4. The van der Waals surface area contributed by atoms with Gasteiger partial charge in [0, 0.05) is 0 Å². The summed E-state index contributed by atoms with van der Waals surface area (Å²) in [5.74, 6) is 0. The minimum atomic E-state index is 0.429. The summed E-state index contributed by atoms with van der Waals surface area (Å²) in [4.78, 5) is 8.41. The maximum Gasteiger partial charge on any atom is 0.178 e. The van der Waals surface area contributed by atoms with Gasteiger partial charge in [-0.3, -0.25) is 0 Å². The summed E-state index contributed by atoms with van der Waals surface area (Å²) < 4.78 is 1.94. The van der Waals surface area contributed by atoms with E-state index < -0.39 is 0 Å². The van der Waals surface area contributed by atoms with Crippen LogP contribution in [0.25, 0.3) is 11.2 Å². The van der Waals surface area contributed by atoms with Crippen molar-refractivity contribution in [3.63, 3.8) is 0 Å². The van der Waals surface area contributed by atoms with Crippen LogP contribution in [0.4, 0.5) is 0 Å². The lowest BCUT2D eigenvalue weighted by Crippen LogP contribution is -2.18. The first kappa shape index (κ1) is 8.17. The van der Waals surface area contributed by atoms with Gasteiger partial charge in [-0.1, -0.05) is 11.6 Å². The fourth-order valence-electron chi connectivity index (χ4n) is 1.70. The van der Waals surface area contributed by atoms with E-state index in [4.69, 9.17) is 11.6 Å². The smallest absolute Gasteiger partial charge is 0.178 e. The second-order valence-electron chi connectivity index (χ2n) is 3.58. The molecule has 3 rings (SSSR count). The highest BCUT2D eigenvalue weighted by Gasteiger charge is 2.22. The van der Waals surface area contributed by atoms with Crippen LogP contribution in [0.5, 0.6) is 0 Å². The van der Waals surface area contributed by atoms with Gasteiger partial charge < -0.3 is 0 Å². The maximum absolute atomic E-state index is 5.80. The van der Waals surface area contributed by atoms with Crippen molar-refractivity contribution in [2.75, 3.05) is 0 Å². The first-order valence-corrected chi connectivity index (χ1v) is 5.08. The Kier molecular flexibility index (Phi) is 1.70. The molecule has 0 amide bonds. The molecule has 1 saturated carbocycles. The van der Waals surface area contributed by atoms with Crippen LogP contribution in [-0.2, 0) is 0 Å². The average molecular weight is 209 g/mol. The molecule has 0 atom stereocenters. The van der Waals surface area contributed by atoms with Gasteiger partial charge in [0.1, 0.15) is 10.7 Å². The minimum Gasteiger partial charge on any atom is -0.248 e. The van der Waals surface area contributed by atoms with E-state index in [0.717, 1.165) is 11.2 Å². The van der Waals surface area contributed by atoms with Gasteiger partial charge in [-0.05, 0) is 19.3 Å². The second-order valence-corrected chi connectivity index (χ2v) is 3.96. The van der Waals surface area contributed by atoms with Crippen LogP contribution < -0.4 is 0 Å². The zero-order valence-electron chi connectivity index (χ0n) is 7.52. The Labute approximate surface area is 85.9 Å². The molecule has 2 aromatic rings. The topological polar surface area (TPSA) is 43.6 Å². The van der Waals surface area contributed by atoms with Gasteiger partial charge in [-0.2, -0.15) is 5.10 Å². The van der Waals surface area contributed by atoms with E-state index in [-0.39, 0.29) is 0 Å². The van der Waals surface area contributed by atoms with E-state index in [1.54, 1.807) is 12.4 Å². The molecule has 0 N–H and O–H groups in total. The quantitative estimate of drug-likeness (QED) is 0.722. The van der Waals surface area contributed by atoms with Crippen molar-refractivity contribution in [1.29, 1.82) is 0 Å². The summed E-state index contributed by atoms with van der Waals surface area (Å²) in [5, 5.41) is 4.72. The first-order chi connectivity index (χ1) is 6.84. The van der Waals surface area contributed by atoms with Gasteiger partial charge in [-0.25, -0.2) is 14.6 Å². The molecule has 0 aromatic carbocycles. The van der Waals surface area contributed by atoms with E-state index in [0.29, 0.717) is 11.2 Å². The molecule has 0 bridgehead atoms. The first-order valence-electron chi connectivity index (χ1n) is 4.70. The lowest BCUT2D eigenvalue weighted by Gasteiger charge is -2.25. The van der Waals surface area contributed by atoms with Gasteiger partial charge in [-0.15, -0.1) is 0 Å². The Balaban J connectivity index is 2.18. The molecule has 0 saturated heterocycles. The molecule has 0 unspecified atom stereocenters. The van der Waals surface area contributed by atoms with Crippen molar-refractivity contribution in [3.05, 3.63) is 17.5 Å². The number of halogens is 1. The van der Waals surface area contributed by atoms with Gasteiger partial charge in [0.2, 0.25) is 0 Å². The number of rotatable bonds is 1. The van der Waals surface area contributed by atoms with Crippen LogP contribution in [0.1, 0.15) is 25.3 Å². The molecule has 1 aliphatic carbocycles. The van der Waals surface area contributed by atoms with Crippen molar-refractivity contribution < 1.29 is 0 Å². The molecule has 0 spiro atoms. The van der Waals surface area contributed by atoms with E-state index >= 15 is 0 Å². The zero-order valence-corrected chi connectivity index (χ0v) is 8.28. The third-order valence-corrected chi connectivity index (χ3v) is 2.88. The second kappa shape index (κ2) is 2.92. The fraction of sp³-hybridized carbons (Fsp3) is 0.444. The highest BCUT2D eigenvalue weighted by molar-refractivity contribution is 6.29. The fourth-order valence-corrected chi connectivity index (χ4v) is 1.83. The van der Waals surface area contributed by atoms with Crippen LogP contribution in [0.15, 0.2) is 12.4 Å². The molecule has 4 nitrogen and oxygen atoms in total. The molecule has 0 aliphatic heterocycles. The van der Waals surface area contributed by atoms with Crippen LogP contribution in [0, 0.1) is 0 Å². The summed E-state index contributed by atoms with van der Waals surface area (Å²) >= 11 is 5.80. The van der Waals surface area contributed by atoms with Crippen molar-refractivity contribution >= 4 is 22.8 Å². The minimum absolute atomic E-state index is 0.429. The molecule has 5 heteroatoms. The largest absolute Gasteiger partial charge is 0.248 e. The van der Waals surface area contributed by atoms with Crippen molar-refractivity contribution in [2.45, 2.75) is 25.3 Å². The van der Waals surface area contributed by atoms with Gasteiger partial charge >= 0.3 is 0 Å². The standard InChI is InChI=1S/C9H9ClN4/c10-8-5-11-7-4-12-14(9(7)13-8)6-2-1-3-6/h4-6H,1-3H2. The van der Waals surface area contributed by atoms with Crippen LogP contribution in [0.3, 0.4) is 0 Å². The predicted octanol–water partition coefficient (Wildman–Crippen LogP) is 2.20. The van der Waals surface area contributed by atoms with Crippen molar-refractivity contribution in [2.24, 2.45) is 0 Å². The summed E-state index contributed by atoms with van der Waals surface area (Å²) in [6, 6.07) is 0.500. The number of hydrogen-bond acceptors (Lipinski definition) is 3. The Morgan fingerprint density at radius 3 is 2.93 bits per heavy atom. The number of fused-ring (bicyclic) bond motifs is 1. The van der Waals surface area contributed by atoms with E-state index in [1.807, 2.05) is 4.68 Å². The van der Waals surface area contributed by atoms with E-state index in [2.05, 4.69) is 15.1 Å². The highest BCUT2D eigenvalue weighted by Crippen LogP contribution is 2.32. The maximum atomic E-state index is 5.80. The summed E-state index contributed by atoms with van der Waals surface area (Å²) in [6.07, 6.45) is 6.95. The Bertz CT molecular complexity index is 475. The molecule has 1 fully saturated rings. The highest BCUT2D eigenvalue weighted by atomic mass is 35.5. The van der Waals surface area contributed by atoms with Crippen molar-refractivity contribution in [3.8, 4) is 0 Å². The SMILES string of the molecule is Clc1cnc2cnn(C3CCC3)c2n1. The molecule has 14 heavy (non-hydrogen) atoms. The molecule has 72 valence electrons. The summed E-state index contributed by atoms with van der Waals surface area (Å²) in [5.41, 5.74) is 1.63. The van der Waals surface area contributed by atoms with E-state index in [9.17, 15) is 0 Å².